The first-order valence-corrected chi connectivity index (χ1v) is 6.54. The third-order valence-electron chi connectivity index (χ3n) is 3.02. The molecule has 4 nitrogen and oxygen atoms in total. The van der Waals surface area contributed by atoms with Crippen LogP contribution in [0.1, 0.15) is 38.8 Å². The van der Waals surface area contributed by atoms with Crippen molar-refractivity contribution >= 4 is 5.97 Å². The van der Waals surface area contributed by atoms with Crippen LogP contribution < -0.4 is 5.32 Å². The second kappa shape index (κ2) is 7.21. The molecule has 0 bridgehead atoms. The van der Waals surface area contributed by atoms with Crippen LogP contribution in [-0.2, 0) is 16.1 Å². The number of esters is 1. The van der Waals surface area contributed by atoms with E-state index in [1.807, 2.05) is 10.8 Å². The van der Waals surface area contributed by atoms with E-state index >= 15 is 0 Å². The summed E-state index contributed by atoms with van der Waals surface area (Å²) in [5, 5.41) is 3.48. The van der Waals surface area contributed by atoms with Gasteiger partial charge in [-0.3, -0.25) is 4.79 Å². The third kappa shape index (κ3) is 4.18. The minimum Gasteiger partial charge on any atom is -0.469 e. The standard InChI is InChI=1S/C14H24N2O2/c1-5-15-14(11(2)3)12-6-8-16(10-12)9-7-13(17)18-4/h6,8,10-11,14-15H,5,7,9H2,1-4H3. The maximum absolute atomic E-state index is 11.1. The van der Waals surface area contributed by atoms with E-state index in [9.17, 15) is 4.79 Å². The van der Waals surface area contributed by atoms with Crippen molar-refractivity contribution in [3.05, 3.63) is 24.0 Å². The van der Waals surface area contributed by atoms with Crippen LogP contribution in [0.2, 0.25) is 0 Å². The van der Waals surface area contributed by atoms with Crippen molar-refractivity contribution in [3.63, 3.8) is 0 Å². The fraction of sp³-hybridized carbons (Fsp3) is 0.643. The van der Waals surface area contributed by atoms with Gasteiger partial charge in [-0.05, 0) is 24.1 Å². The number of aromatic nitrogens is 1. The molecule has 1 aromatic rings. The molecule has 1 N–H and O–H groups in total. The Morgan fingerprint density at radius 2 is 2.22 bits per heavy atom. The van der Waals surface area contributed by atoms with Crippen LogP contribution >= 0.6 is 0 Å². The molecule has 0 aliphatic rings. The summed E-state index contributed by atoms with van der Waals surface area (Å²) in [6, 6.07) is 2.49. The van der Waals surface area contributed by atoms with Gasteiger partial charge in [0, 0.05) is 25.0 Å². The molecule has 0 aromatic carbocycles. The minimum absolute atomic E-state index is 0.169. The summed E-state index contributed by atoms with van der Waals surface area (Å²) in [6.45, 7) is 8.15. The molecular weight excluding hydrogens is 228 g/mol. The van der Waals surface area contributed by atoms with Crippen LogP contribution in [0.15, 0.2) is 18.5 Å². The summed E-state index contributed by atoms with van der Waals surface area (Å²) in [5.74, 6) is 0.374. The smallest absolute Gasteiger partial charge is 0.307 e. The average molecular weight is 252 g/mol. The fourth-order valence-corrected chi connectivity index (χ4v) is 2.06. The van der Waals surface area contributed by atoms with Gasteiger partial charge in [0.15, 0.2) is 0 Å². The summed E-state index contributed by atoms with van der Waals surface area (Å²) in [7, 11) is 1.42. The number of hydrogen-bond donors (Lipinski definition) is 1. The molecule has 0 radical (unpaired) electrons. The maximum Gasteiger partial charge on any atom is 0.307 e. The second-order valence-electron chi connectivity index (χ2n) is 4.79. The molecule has 18 heavy (non-hydrogen) atoms. The van der Waals surface area contributed by atoms with Crippen LogP contribution in [0.25, 0.3) is 0 Å². The molecule has 1 heterocycles. The van der Waals surface area contributed by atoms with Gasteiger partial charge in [0.05, 0.1) is 13.5 Å². The van der Waals surface area contributed by atoms with Crippen molar-refractivity contribution in [2.24, 2.45) is 5.92 Å². The van der Waals surface area contributed by atoms with Gasteiger partial charge >= 0.3 is 5.97 Å². The Morgan fingerprint density at radius 1 is 1.50 bits per heavy atom. The van der Waals surface area contributed by atoms with Crippen molar-refractivity contribution < 1.29 is 9.53 Å². The van der Waals surface area contributed by atoms with E-state index in [1.54, 1.807) is 0 Å². The quantitative estimate of drug-likeness (QED) is 0.758. The van der Waals surface area contributed by atoms with Gasteiger partial charge in [0.1, 0.15) is 0 Å². The van der Waals surface area contributed by atoms with Crippen molar-refractivity contribution in [2.45, 2.75) is 39.8 Å². The summed E-state index contributed by atoms with van der Waals surface area (Å²) in [5.41, 5.74) is 1.27. The first kappa shape index (κ1) is 14.8. The Balaban J connectivity index is 2.63. The normalized spacial score (nSPS) is 12.7. The highest BCUT2D eigenvalue weighted by atomic mass is 16.5. The Kier molecular flexibility index (Phi) is 5.92. The van der Waals surface area contributed by atoms with E-state index in [4.69, 9.17) is 0 Å². The first-order valence-electron chi connectivity index (χ1n) is 6.54. The van der Waals surface area contributed by atoms with Gasteiger partial charge < -0.3 is 14.6 Å². The van der Waals surface area contributed by atoms with Gasteiger partial charge in [0.25, 0.3) is 0 Å². The van der Waals surface area contributed by atoms with E-state index in [0.717, 1.165) is 6.54 Å². The number of aryl methyl sites for hydroxylation is 1. The molecular formula is C14H24N2O2. The minimum atomic E-state index is -0.169. The largest absolute Gasteiger partial charge is 0.469 e. The zero-order chi connectivity index (χ0) is 13.5. The van der Waals surface area contributed by atoms with E-state index < -0.39 is 0 Å². The van der Waals surface area contributed by atoms with Crippen LogP contribution in [0.3, 0.4) is 0 Å². The molecule has 0 saturated carbocycles. The monoisotopic (exact) mass is 252 g/mol. The molecule has 1 aromatic heterocycles. The van der Waals surface area contributed by atoms with E-state index in [1.165, 1.54) is 12.7 Å². The topological polar surface area (TPSA) is 43.3 Å². The predicted molar refractivity (Wildman–Crippen MR) is 72.3 cm³/mol. The Morgan fingerprint density at radius 3 is 2.78 bits per heavy atom. The van der Waals surface area contributed by atoms with Gasteiger partial charge in [-0.15, -0.1) is 0 Å². The molecule has 0 amide bonds. The van der Waals surface area contributed by atoms with Crippen LogP contribution in [-0.4, -0.2) is 24.2 Å². The van der Waals surface area contributed by atoms with Crippen molar-refractivity contribution in [3.8, 4) is 0 Å². The lowest BCUT2D eigenvalue weighted by atomic mass is 9.98. The molecule has 4 heteroatoms. The molecule has 0 spiro atoms. The molecule has 0 fully saturated rings. The molecule has 102 valence electrons. The van der Waals surface area contributed by atoms with Crippen LogP contribution in [0, 0.1) is 5.92 Å². The number of carbonyl (C=O) groups excluding carboxylic acids is 1. The Labute approximate surface area is 109 Å². The van der Waals surface area contributed by atoms with Crippen LogP contribution in [0.5, 0.6) is 0 Å². The Hall–Kier alpha value is -1.29. The summed E-state index contributed by atoms with van der Waals surface area (Å²) in [6.07, 6.45) is 4.54. The van der Waals surface area contributed by atoms with Crippen molar-refractivity contribution in [2.75, 3.05) is 13.7 Å². The molecule has 0 aliphatic carbocycles. The van der Waals surface area contributed by atoms with Crippen LogP contribution in [0.4, 0.5) is 0 Å². The fourth-order valence-electron chi connectivity index (χ4n) is 2.06. The zero-order valence-corrected chi connectivity index (χ0v) is 11.8. The van der Waals surface area contributed by atoms with Crippen molar-refractivity contribution in [1.82, 2.24) is 9.88 Å². The first-order chi connectivity index (χ1) is 8.58. The molecule has 0 saturated heterocycles. The highest BCUT2D eigenvalue weighted by Crippen LogP contribution is 2.21. The molecule has 1 rings (SSSR count). The molecule has 1 unspecified atom stereocenters. The summed E-state index contributed by atoms with van der Waals surface area (Å²) in [4.78, 5) is 11.1. The maximum atomic E-state index is 11.1. The third-order valence-corrected chi connectivity index (χ3v) is 3.02. The number of ether oxygens (including phenoxy) is 1. The highest BCUT2D eigenvalue weighted by Gasteiger charge is 2.15. The number of hydrogen-bond acceptors (Lipinski definition) is 3. The van der Waals surface area contributed by atoms with Gasteiger partial charge in [-0.25, -0.2) is 0 Å². The lowest BCUT2D eigenvalue weighted by molar-refractivity contribution is -0.140. The van der Waals surface area contributed by atoms with E-state index in [2.05, 4.69) is 43.1 Å². The zero-order valence-electron chi connectivity index (χ0n) is 11.8. The number of methoxy groups -OCH3 is 1. The summed E-state index contributed by atoms with van der Waals surface area (Å²) >= 11 is 0. The van der Waals surface area contributed by atoms with Gasteiger partial charge in [-0.1, -0.05) is 20.8 Å². The molecule has 0 aliphatic heterocycles. The number of rotatable bonds is 7. The average Bonchev–Trinajstić information content (AvgIpc) is 2.80. The highest BCUT2D eigenvalue weighted by molar-refractivity contribution is 5.68. The number of carbonyl (C=O) groups is 1. The molecule has 1 atom stereocenters. The summed E-state index contributed by atoms with van der Waals surface area (Å²) < 4.78 is 6.68. The van der Waals surface area contributed by atoms with E-state index in [0.29, 0.717) is 24.9 Å². The SMILES string of the molecule is CCNC(c1ccn(CCC(=O)OC)c1)C(C)C. The Bertz CT molecular complexity index is 372. The number of nitrogens with one attached hydrogen (secondary N) is 1. The lowest BCUT2D eigenvalue weighted by Gasteiger charge is -2.20. The van der Waals surface area contributed by atoms with Crippen molar-refractivity contribution in [1.29, 1.82) is 0 Å². The van der Waals surface area contributed by atoms with Gasteiger partial charge in [-0.2, -0.15) is 0 Å². The predicted octanol–water partition coefficient (Wildman–Crippen LogP) is 2.36. The van der Waals surface area contributed by atoms with E-state index in [-0.39, 0.29) is 5.97 Å². The van der Waals surface area contributed by atoms with Gasteiger partial charge in [0.2, 0.25) is 0 Å². The second-order valence-corrected chi connectivity index (χ2v) is 4.79. The lowest BCUT2D eigenvalue weighted by Crippen LogP contribution is -2.25. The number of nitrogens with zero attached hydrogens (tertiary/aromatic N) is 1.